The topological polar surface area (TPSA) is 72.7 Å². The van der Waals surface area contributed by atoms with Gasteiger partial charge in [-0.2, -0.15) is 0 Å². The molecule has 1 N–H and O–H groups in total. The van der Waals surface area contributed by atoms with Crippen LogP contribution in [0.5, 0.6) is 0 Å². The number of aromatic nitrogens is 4. The number of nitrogens with one attached hydrogen (secondary N) is 1. The lowest BCUT2D eigenvalue weighted by Gasteiger charge is -2.02. The van der Waals surface area contributed by atoms with E-state index in [9.17, 15) is 9.59 Å². The van der Waals surface area contributed by atoms with Crippen molar-refractivity contribution in [2.24, 2.45) is 14.1 Å². The molecule has 0 bridgehead atoms. The van der Waals surface area contributed by atoms with E-state index in [0.29, 0.717) is 21.4 Å². The SMILES string of the molecule is Cn1c(=O)c2[nH]c(-c3c(Cl)cccc3Cl)nc2n(C)c1=O. The van der Waals surface area contributed by atoms with Crippen LogP contribution in [0.15, 0.2) is 27.8 Å². The maximum atomic E-state index is 12.1. The van der Waals surface area contributed by atoms with Gasteiger partial charge >= 0.3 is 5.69 Å². The van der Waals surface area contributed by atoms with Crippen molar-refractivity contribution in [1.82, 2.24) is 19.1 Å². The first kappa shape index (κ1) is 13.9. The minimum atomic E-state index is -0.449. The van der Waals surface area contributed by atoms with Crippen LogP contribution in [-0.2, 0) is 14.1 Å². The van der Waals surface area contributed by atoms with Crippen LogP contribution in [0.4, 0.5) is 0 Å². The number of rotatable bonds is 1. The fourth-order valence-corrected chi connectivity index (χ4v) is 2.74. The fourth-order valence-electron chi connectivity index (χ4n) is 2.17. The number of halogens is 2. The zero-order valence-electron chi connectivity index (χ0n) is 11.1. The third kappa shape index (κ3) is 1.99. The monoisotopic (exact) mass is 324 g/mol. The van der Waals surface area contributed by atoms with Crippen LogP contribution in [0.1, 0.15) is 0 Å². The molecular formula is C13H10Cl2N4O2. The van der Waals surface area contributed by atoms with Crippen molar-refractivity contribution in [3.63, 3.8) is 0 Å². The third-order valence-corrected chi connectivity index (χ3v) is 3.92. The summed E-state index contributed by atoms with van der Waals surface area (Å²) in [5.74, 6) is 0.346. The van der Waals surface area contributed by atoms with Gasteiger partial charge in [0.25, 0.3) is 5.56 Å². The second kappa shape index (κ2) is 4.75. The summed E-state index contributed by atoms with van der Waals surface area (Å²) in [6.07, 6.45) is 0. The third-order valence-electron chi connectivity index (χ3n) is 3.29. The average Bonchev–Trinajstić information content (AvgIpc) is 2.88. The van der Waals surface area contributed by atoms with E-state index in [2.05, 4.69) is 9.97 Å². The van der Waals surface area contributed by atoms with Crippen molar-refractivity contribution in [2.45, 2.75) is 0 Å². The number of benzene rings is 1. The minimum Gasteiger partial charge on any atom is -0.332 e. The van der Waals surface area contributed by atoms with Gasteiger partial charge in [0.1, 0.15) is 11.3 Å². The number of hydrogen-bond donors (Lipinski definition) is 1. The Kier molecular flexibility index (Phi) is 3.15. The van der Waals surface area contributed by atoms with Gasteiger partial charge in [0.05, 0.1) is 15.6 Å². The van der Waals surface area contributed by atoms with E-state index in [1.165, 1.54) is 11.6 Å². The second-order valence-corrected chi connectivity index (χ2v) is 5.40. The second-order valence-electron chi connectivity index (χ2n) is 4.59. The van der Waals surface area contributed by atoms with E-state index in [1.807, 2.05) is 0 Å². The zero-order chi connectivity index (χ0) is 15.3. The normalized spacial score (nSPS) is 11.2. The van der Waals surface area contributed by atoms with Crippen molar-refractivity contribution in [1.29, 1.82) is 0 Å². The molecule has 0 fully saturated rings. The molecule has 2 aromatic heterocycles. The van der Waals surface area contributed by atoms with Gasteiger partial charge in [0.2, 0.25) is 0 Å². The minimum absolute atomic E-state index is 0.227. The Morgan fingerprint density at radius 2 is 1.71 bits per heavy atom. The van der Waals surface area contributed by atoms with Crippen molar-refractivity contribution in [3.8, 4) is 11.4 Å². The fraction of sp³-hybridized carbons (Fsp3) is 0.154. The van der Waals surface area contributed by atoms with Crippen molar-refractivity contribution in [2.75, 3.05) is 0 Å². The highest BCUT2D eigenvalue weighted by Gasteiger charge is 2.17. The van der Waals surface area contributed by atoms with E-state index >= 15 is 0 Å². The summed E-state index contributed by atoms with van der Waals surface area (Å²) >= 11 is 12.3. The lowest BCUT2D eigenvalue weighted by atomic mass is 10.2. The Hall–Kier alpha value is -2.05. The number of imidazole rings is 1. The first-order valence-electron chi connectivity index (χ1n) is 6.02. The number of aryl methyl sites for hydroxylation is 1. The molecule has 0 unspecified atom stereocenters. The molecule has 2 heterocycles. The molecule has 0 amide bonds. The Labute approximate surface area is 128 Å². The summed E-state index contributed by atoms with van der Waals surface area (Å²) in [5.41, 5.74) is 0.0806. The maximum Gasteiger partial charge on any atom is 0.332 e. The van der Waals surface area contributed by atoms with Gasteiger partial charge in [-0.1, -0.05) is 29.3 Å². The number of aromatic amines is 1. The Morgan fingerprint density at radius 3 is 2.33 bits per heavy atom. The molecule has 0 radical (unpaired) electrons. The highest BCUT2D eigenvalue weighted by molar-refractivity contribution is 6.39. The molecule has 0 saturated carbocycles. The van der Waals surface area contributed by atoms with Gasteiger partial charge in [-0.05, 0) is 12.1 Å². The molecule has 0 aliphatic carbocycles. The van der Waals surface area contributed by atoms with Gasteiger partial charge in [-0.25, -0.2) is 9.78 Å². The highest BCUT2D eigenvalue weighted by atomic mass is 35.5. The molecule has 6 nitrogen and oxygen atoms in total. The summed E-state index contributed by atoms with van der Waals surface area (Å²) in [5, 5.41) is 0.812. The Bertz CT molecular complexity index is 964. The molecule has 0 aliphatic rings. The first-order chi connectivity index (χ1) is 9.91. The van der Waals surface area contributed by atoms with E-state index in [0.717, 1.165) is 4.57 Å². The Morgan fingerprint density at radius 1 is 1.10 bits per heavy atom. The standard InChI is InChI=1S/C13H10Cl2N4O2/c1-18-11-9(12(20)19(2)13(18)21)16-10(17-11)8-6(14)4-3-5-7(8)15/h3-5H,1-2H3,(H,16,17). The quantitative estimate of drug-likeness (QED) is 0.743. The predicted molar refractivity (Wildman–Crippen MR) is 82.0 cm³/mol. The molecule has 0 aliphatic heterocycles. The van der Waals surface area contributed by atoms with Crippen LogP contribution in [0.25, 0.3) is 22.6 Å². The molecule has 3 aromatic rings. The molecule has 108 valence electrons. The van der Waals surface area contributed by atoms with Crippen LogP contribution in [-0.4, -0.2) is 19.1 Å². The summed E-state index contributed by atoms with van der Waals surface area (Å²) in [6.45, 7) is 0. The van der Waals surface area contributed by atoms with Gasteiger partial charge in [0.15, 0.2) is 5.65 Å². The zero-order valence-corrected chi connectivity index (χ0v) is 12.7. The van der Waals surface area contributed by atoms with Crippen molar-refractivity contribution >= 4 is 34.4 Å². The first-order valence-corrected chi connectivity index (χ1v) is 6.77. The summed E-state index contributed by atoms with van der Waals surface area (Å²) in [7, 11) is 2.95. The largest absolute Gasteiger partial charge is 0.332 e. The van der Waals surface area contributed by atoms with E-state index in [4.69, 9.17) is 23.2 Å². The van der Waals surface area contributed by atoms with Crippen LogP contribution in [0.3, 0.4) is 0 Å². The van der Waals surface area contributed by atoms with Crippen LogP contribution in [0.2, 0.25) is 10.0 Å². The smallest absolute Gasteiger partial charge is 0.332 e. The van der Waals surface area contributed by atoms with E-state index in [1.54, 1.807) is 25.2 Å². The maximum absolute atomic E-state index is 12.1. The number of H-pyrrole nitrogens is 1. The van der Waals surface area contributed by atoms with E-state index < -0.39 is 11.2 Å². The molecule has 8 heteroatoms. The van der Waals surface area contributed by atoms with Crippen LogP contribution < -0.4 is 11.2 Å². The number of fused-ring (bicyclic) bond motifs is 1. The lowest BCUT2D eigenvalue weighted by molar-refractivity contribution is 0.709. The summed E-state index contributed by atoms with van der Waals surface area (Å²) in [4.78, 5) is 31.2. The lowest BCUT2D eigenvalue weighted by Crippen LogP contribution is -2.36. The molecule has 0 spiro atoms. The summed E-state index contributed by atoms with van der Waals surface area (Å²) < 4.78 is 2.31. The molecule has 0 saturated heterocycles. The molecule has 1 aromatic carbocycles. The Balaban J connectivity index is 2.43. The highest BCUT2D eigenvalue weighted by Crippen LogP contribution is 2.33. The van der Waals surface area contributed by atoms with Crippen LogP contribution >= 0.6 is 23.2 Å². The van der Waals surface area contributed by atoms with E-state index in [-0.39, 0.29) is 11.2 Å². The molecular weight excluding hydrogens is 315 g/mol. The average molecular weight is 325 g/mol. The molecule has 21 heavy (non-hydrogen) atoms. The van der Waals surface area contributed by atoms with Gasteiger partial charge in [-0.15, -0.1) is 0 Å². The summed E-state index contributed by atoms with van der Waals surface area (Å²) in [6, 6.07) is 5.06. The van der Waals surface area contributed by atoms with Crippen molar-refractivity contribution in [3.05, 3.63) is 49.1 Å². The number of hydrogen-bond acceptors (Lipinski definition) is 3. The van der Waals surface area contributed by atoms with Gasteiger partial charge in [0, 0.05) is 14.1 Å². The van der Waals surface area contributed by atoms with Crippen molar-refractivity contribution < 1.29 is 0 Å². The predicted octanol–water partition coefficient (Wildman–Crippen LogP) is 1.93. The molecule has 3 rings (SSSR count). The van der Waals surface area contributed by atoms with Crippen LogP contribution in [0, 0.1) is 0 Å². The molecule has 0 atom stereocenters. The van der Waals surface area contributed by atoms with Gasteiger partial charge < -0.3 is 4.98 Å². The number of nitrogens with zero attached hydrogens (tertiary/aromatic N) is 3. The van der Waals surface area contributed by atoms with Gasteiger partial charge in [-0.3, -0.25) is 13.9 Å².